The van der Waals surface area contributed by atoms with Gasteiger partial charge in [0.15, 0.2) is 5.82 Å². The molecule has 4 heterocycles. The predicted octanol–water partition coefficient (Wildman–Crippen LogP) is 4.79. The van der Waals surface area contributed by atoms with Gasteiger partial charge in [0.2, 0.25) is 0 Å². The van der Waals surface area contributed by atoms with Crippen LogP contribution in [0.25, 0.3) is 21.1 Å². The van der Waals surface area contributed by atoms with Gasteiger partial charge in [0, 0.05) is 41.4 Å². The molecule has 0 radical (unpaired) electrons. The van der Waals surface area contributed by atoms with Gasteiger partial charge in [0.1, 0.15) is 5.75 Å². The highest BCUT2D eigenvalue weighted by atomic mass is 32.1. The first-order valence-electron chi connectivity index (χ1n) is 9.81. The number of aromatic amines is 1. The Bertz CT molecular complexity index is 1230. The number of para-hydroxylation sites is 1. The van der Waals surface area contributed by atoms with E-state index in [4.69, 9.17) is 9.72 Å². The molecule has 1 N–H and O–H groups in total. The van der Waals surface area contributed by atoms with E-state index in [2.05, 4.69) is 28.1 Å². The highest BCUT2D eigenvalue weighted by molar-refractivity contribution is 7.15. The summed E-state index contributed by atoms with van der Waals surface area (Å²) in [6, 6.07) is 16.4. The number of aromatic nitrogens is 2. The number of nitrogens with zero attached hydrogens (tertiary/aromatic N) is 2. The van der Waals surface area contributed by atoms with Crippen molar-refractivity contribution in [3.63, 3.8) is 0 Å². The number of fused-ring (bicyclic) bond motifs is 1. The average Bonchev–Trinajstić information content (AvgIpc) is 3.46. The topological polar surface area (TPSA) is 58.2 Å². The van der Waals surface area contributed by atoms with Crippen molar-refractivity contribution in [1.82, 2.24) is 14.9 Å². The van der Waals surface area contributed by atoms with Crippen molar-refractivity contribution in [1.29, 1.82) is 0 Å². The summed E-state index contributed by atoms with van der Waals surface area (Å²) in [4.78, 5) is 26.2. The van der Waals surface area contributed by atoms with Crippen LogP contribution in [0, 0.1) is 0 Å². The molecule has 0 spiro atoms. The van der Waals surface area contributed by atoms with Gasteiger partial charge in [-0.3, -0.25) is 9.69 Å². The van der Waals surface area contributed by atoms with Crippen molar-refractivity contribution < 1.29 is 4.74 Å². The Hall–Kier alpha value is -2.74. The lowest BCUT2D eigenvalue weighted by Crippen LogP contribution is -2.35. The van der Waals surface area contributed by atoms with Gasteiger partial charge in [0.05, 0.1) is 23.2 Å². The molecule has 0 fully saturated rings. The molecule has 1 aliphatic rings. The maximum absolute atomic E-state index is 12.7. The lowest BCUT2D eigenvalue weighted by Gasteiger charge is -2.27. The van der Waals surface area contributed by atoms with Crippen LogP contribution >= 0.6 is 22.7 Å². The third kappa shape index (κ3) is 3.71. The highest BCUT2D eigenvalue weighted by Crippen LogP contribution is 2.35. The summed E-state index contributed by atoms with van der Waals surface area (Å²) in [5.74, 6) is 1.57. The van der Waals surface area contributed by atoms with E-state index in [0.29, 0.717) is 12.4 Å². The Balaban J connectivity index is 1.34. The minimum Gasteiger partial charge on any atom is -0.496 e. The smallest absolute Gasteiger partial charge is 0.255 e. The third-order valence-electron chi connectivity index (χ3n) is 5.32. The fourth-order valence-corrected chi connectivity index (χ4v) is 5.57. The normalized spacial score (nSPS) is 13.9. The van der Waals surface area contributed by atoms with Crippen LogP contribution in [-0.2, 0) is 19.5 Å². The Morgan fingerprint density at radius 3 is 2.87 bits per heavy atom. The molecule has 30 heavy (non-hydrogen) atoms. The van der Waals surface area contributed by atoms with Crippen molar-refractivity contribution in [2.24, 2.45) is 0 Å². The van der Waals surface area contributed by atoms with Gasteiger partial charge in [-0.05, 0) is 35.7 Å². The van der Waals surface area contributed by atoms with E-state index in [1.165, 1.54) is 9.75 Å². The van der Waals surface area contributed by atoms with Gasteiger partial charge in [-0.1, -0.05) is 18.2 Å². The second-order valence-electron chi connectivity index (χ2n) is 7.24. The van der Waals surface area contributed by atoms with E-state index in [9.17, 15) is 4.79 Å². The Kier molecular flexibility index (Phi) is 5.25. The van der Waals surface area contributed by atoms with Gasteiger partial charge in [-0.15, -0.1) is 22.7 Å². The maximum atomic E-state index is 12.7. The van der Waals surface area contributed by atoms with Gasteiger partial charge in [0.25, 0.3) is 5.56 Å². The summed E-state index contributed by atoms with van der Waals surface area (Å²) in [7, 11) is 1.70. The number of nitrogens with one attached hydrogen (secondary N) is 1. The van der Waals surface area contributed by atoms with Crippen molar-refractivity contribution in [3.05, 3.63) is 80.4 Å². The largest absolute Gasteiger partial charge is 0.496 e. The summed E-state index contributed by atoms with van der Waals surface area (Å²) in [6.45, 7) is 2.35. The summed E-state index contributed by atoms with van der Waals surface area (Å²) >= 11 is 3.36. The van der Waals surface area contributed by atoms with E-state index >= 15 is 0 Å². The molecule has 1 aliphatic heterocycles. The van der Waals surface area contributed by atoms with Crippen molar-refractivity contribution in [3.8, 4) is 26.9 Å². The minimum atomic E-state index is -0.0195. The molecule has 4 aromatic rings. The molecule has 0 amide bonds. The first-order valence-corrected chi connectivity index (χ1v) is 11.5. The predicted molar refractivity (Wildman–Crippen MR) is 122 cm³/mol. The molecule has 0 saturated heterocycles. The standard InChI is InChI=1S/C23H21N3O2S2/c1-28-19-6-3-2-5-16(19)20-9-8-15(30-20)13-26-11-10-18-17(14-26)23(27)25-22(24-18)21-7-4-12-29-21/h2-9,12H,10-11,13-14H2,1H3,(H,24,25,27). The molecule has 0 unspecified atom stereocenters. The van der Waals surface area contributed by atoms with Crippen LogP contribution in [-0.4, -0.2) is 28.5 Å². The van der Waals surface area contributed by atoms with E-state index in [1.54, 1.807) is 29.8 Å². The Labute approximate surface area is 182 Å². The van der Waals surface area contributed by atoms with E-state index in [-0.39, 0.29) is 5.56 Å². The highest BCUT2D eigenvalue weighted by Gasteiger charge is 2.22. The molecule has 0 atom stereocenters. The van der Waals surface area contributed by atoms with Gasteiger partial charge in [-0.2, -0.15) is 0 Å². The van der Waals surface area contributed by atoms with E-state index in [0.717, 1.165) is 47.0 Å². The molecule has 5 nitrogen and oxygen atoms in total. The molecule has 0 bridgehead atoms. The maximum Gasteiger partial charge on any atom is 0.255 e. The van der Waals surface area contributed by atoms with Crippen LogP contribution < -0.4 is 10.3 Å². The Morgan fingerprint density at radius 1 is 1.13 bits per heavy atom. The first kappa shape index (κ1) is 19.2. The molecule has 1 aromatic carbocycles. The number of benzene rings is 1. The summed E-state index contributed by atoms with van der Waals surface area (Å²) in [5.41, 5.74) is 2.82. The average molecular weight is 436 g/mol. The SMILES string of the molecule is COc1ccccc1-c1ccc(CN2CCc3nc(-c4cccs4)[nH]c(=O)c3C2)s1. The second-order valence-corrected chi connectivity index (χ2v) is 9.36. The number of ether oxygens (including phenoxy) is 1. The zero-order valence-corrected chi connectivity index (χ0v) is 18.2. The van der Waals surface area contributed by atoms with Gasteiger partial charge < -0.3 is 9.72 Å². The van der Waals surface area contributed by atoms with Crippen LogP contribution in [0.5, 0.6) is 5.75 Å². The van der Waals surface area contributed by atoms with Crippen molar-refractivity contribution in [2.45, 2.75) is 19.5 Å². The van der Waals surface area contributed by atoms with E-state index < -0.39 is 0 Å². The molecule has 0 saturated carbocycles. The third-order valence-corrected chi connectivity index (χ3v) is 7.30. The molecule has 152 valence electrons. The minimum absolute atomic E-state index is 0.0195. The van der Waals surface area contributed by atoms with Crippen LogP contribution in [0.4, 0.5) is 0 Å². The first-order chi connectivity index (χ1) is 14.7. The number of methoxy groups -OCH3 is 1. The summed E-state index contributed by atoms with van der Waals surface area (Å²) < 4.78 is 5.50. The lowest BCUT2D eigenvalue weighted by molar-refractivity contribution is 0.244. The van der Waals surface area contributed by atoms with Crippen molar-refractivity contribution in [2.75, 3.05) is 13.7 Å². The second kappa shape index (κ2) is 8.18. The number of thiophene rings is 2. The number of hydrogen-bond donors (Lipinski definition) is 1. The molecule has 0 aliphatic carbocycles. The molecule has 3 aromatic heterocycles. The number of hydrogen-bond acceptors (Lipinski definition) is 6. The lowest BCUT2D eigenvalue weighted by atomic mass is 10.1. The molecule has 7 heteroatoms. The van der Waals surface area contributed by atoms with Crippen LogP contribution in [0.3, 0.4) is 0 Å². The molecular weight excluding hydrogens is 414 g/mol. The zero-order valence-electron chi connectivity index (χ0n) is 16.6. The molecule has 5 rings (SSSR count). The summed E-state index contributed by atoms with van der Waals surface area (Å²) in [6.07, 6.45) is 0.794. The number of H-pyrrole nitrogens is 1. The zero-order chi connectivity index (χ0) is 20.5. The number of rotatable bonds is 5. The monoisotopic (exact) mass is 435 g/mol. The van der Waals surface area contributed by atoms with Crippen LogP contribution in [0.15, 0.2) is 58.7 Å². The fourth-order valence-electron chi connectivity index (χ4n) is 3.82. The molecular formula is C23H21N3O2S2. The Morgan fingerprint density at radius 2 is 2.03 bits per heavy atom. The summed E-state index contributed by atoms with van der Waals surface area (Å²) in [5, 5.41) is 2.00. The van der Waals surface area contributed by atoms with E-state index in [1.807, 2.05) is 35.7 Å². The fraction of sp³-hybridized carbons (Fsp3) is 0.217. The van der Waals surface area contributed by atoms with Crippen LogP contribution in [0.1, 0.15) is 16.1 Å². The van der Waals surface area contributed by atoms with Gasteiger partial charge >= 0.3 is 0 Å². The quantitative estimate of drug-likeness (QED) is 0.490. The van der Waals surface area contributed by atoms with Crippen LogP contribution in [0.2, 0.25) is 0 Å². The van der Waals surface area contributed by atoms with Gasteiger partial charge in [-0.25, -0.2) is 4.98 Å². The van der Waals surface area contributed by atoms with Crippen molar-refractivity contribution >= 4 is 22.7 Å².